The van der Waals surface area contributed by atoms with Crippen LogP contribution in [0.4, 0.5) is 0 Å². The topological polar surface area (TPSA) is 73.0 Å². The summed E-state index contributed by atoms with van der Waals surface area (Å²) in [4.78, 5) is 12.6. The number of aromatic nitrogens is 3. The van der Waals surface area contributed by atoms with Gasteiger partial charge in [0.25, 0.3) is 0 Å². The highest BCUT2D eigenvalue weighted by Gasteiger charge is 2.28. The number of hydrogen-bond acceptors (Lipinski definition) is 5. The molecule has 7 heteroatoms. The van der Waals surface area contributed by atoms with Crippen LogP contribution in [0.3, 0.4) is 0 Å². The van der Waals surface area contributed by atoms with Crippen LogP contribution in [0.5, 0.6) is 0 Å². The van der Waals surface area contributed by atoms with E-state index in [0.717, 1.165) is 12.0 Å². The van der Waals surface area contributed by atoms with Gasteiger partial charge in [-0.1, -0.05) is 68.8 Å². The maximum Gasteiger partial charge on any atom is 0.230 e. The van der Waals surface area contributed by atoms with Crippen LogP contribution in [0.2, 0.25) is 0 Å². The van der Waals surface area contributed by atoms with Crippen molar-refractivity contribution in [1.82, 2.24) is 20.1 Å². The summed E-state index contributed by atoms with van der Waals surface area (Å²) in [7, 11) is 0. The number of benzene rings is 1. The minimum atomic E-state index is 0.0553. The number of carbonyl (C=O) groups excluding carboxylic acids is 1. The van der Waals surface area contributed by atoms with Gasteiger partial charge in [0.2, 0.25) is 11.7 Å². The first-order chi connectivity index (χ1) is 14.6. The normalized spacial score (nSPS) is 21.5. The van der Waals surface area contributed by atoms with Gasteiger partial charge in [0.15, 0.2) is 10.9 Å². The van der Waals surface area contributed by atoms with Crippen molar-refractivity contribution >= 4 is 17.7 Å². The minimum absolute atomic E-state index is 0.0553. The summed E-state index contributed by atoms with van der Waals surface area (Å²) in [6.45, 7) is 5.14. The molecule has 1 aliphatic carbocycles. The molecule has 1 fully saturated rings. The van der Waals surface area contributed by atoms with Gasteiger partial charge in [-0.3, -0.25) is 9.36 Å². The molecule has 0 radical (unpaired) electrons. The van der Waals surface area contributed by atoms with E-state index in [0.29, 0.717) is 40.9 Å². The highest BCUT2D eigenvalue weighted by Crippen LogP contribution is 2.30. The molecule has 1 aromatic carbocycles. The van der Waals surface area contributed by atoms with Crippen LogP contribution in [-0.2, 0) is 11.3 Å². The Kier molecular flexibility index (Phi) is 6.57. The molecule has 0 bridgehead atoms. The molecule has 1 aliphatic rings. The lowest BCUT2D eigenvalue weighted by Gasteiger charge is -2.34. The Morgan fingerprint density at radius 2 is 2.00 bits per heavy atom. The molecule has 158 valence electrons. The average molecular weight is 425 g/mol. The largest absolute Gasteiger partial charge is 0.461 e. The summed E-state index contributed by atoms with van der Waals surface area (Å²) in [5, 5.41) is 12.6. The second-order valence-corrected chi connectivity index (χ2v) is 9.03. The predicted molar refractivity (Wildman–Crippen MR) is 118 cm³/mol. The van der Waals surface area contributed by atoms with Crippen molar-refractivity contribution in [2.24, 2.45) is 11.8 Å². The maximum absolute atomic E-state index is 12.6. The Hall–Kier alpha value is -2.54. The zero-order chi connectivity index (χ0) is 20.9. The molecule has 4 rings (SSSR count). The van der Waals surface area contributed by atoms with Crippen molar-refractivity contribution < 1.29 is 9.21 Å². The smallest absolute Gasteiger partial charge is 0.230 e. The summed E-state index contributed by atoms with van der Waals surface area (Å²) in [5.41, 5.74) is 1.14. The van der Waals surface area contributed by atoms with Gasteiger partial charge >= 0.3 is 0 Å². The number of carbonyl (C=O) groups is 1. The molecule has 3 atom stereocenters. The molecule has 0 unspecified atom stereocenters. The first-order valence-corrected chi connectivity index (χ1v) is 11.5. The molecule has 0 saturated heterocycles. The number of furan rings is 1. The van der Waals surface area contributed by atoms with E-state index in [2.05, 4.69) is 41.5 Å². The first kappa shape index (κ1) is 20.7. The van der Waals surface area contributed by atoms with E-state index < -0.39 is 0 Å². The zero-order valence-corrected chi connectivity index (χ0v) is 18.3. The maximum atomic E-state index is 12.6. The van der Waals surface area contributed by atoms with Crippen LogP contribution in [0.15, 0.2) is 58.3 Å². The molecule has 2 heterocycles. The monoisotopic (exact) mass is 424 g/mol. The van der Waals surface area contributed by atoms with Crippen LogP contribution >= 0.6 is 11.8 Å². The van der Waals surface area contributed by atoms with Crippen molar-refractivity contribution in [3.63, 3.8) is 0 Å². The van der Waals surface area contributed by atoms with Crippen LogP contribution in [0, 0.1) is 11.8 Å². The molecular formula is C23H28N4O2S. The Morgan fingerprint density at radius 3 is 2.77 bits per heavy atom. The van der Waals surface area contributed by atoms with Crippen LogP contribution in [0.25, 0.3) is 11.6 Å². The van der Waals surface area contributed by atoms with Crippen molar-refractivity contribution in [3.8, 4) is 11.6 Å². The van der Waals surface area contributed by atoms with Crippen molar-refractivity contribution in [2.45, 2.75) is 50.9 Å². The standard InChI is InChI=1S/C23H28N4O2S/c1-16-8-6-11-19(17(16)2)24-21(28)15-30-23-26-25-22(20-12-7-13-29-20)27(23)14-18-9-4-3-5-10-18/h3-5,7,9-10,12-13,16-17,19H,6,8,11,14-15H2,1-2H3,(H,24,28)/t16-,17+,19-/m0/s1. The average Bonchev–Trinajstić information content (AvgIpc) is 3.41. The second-order valence-electron chi connectivity index (χ2n) is 8.09. The molecule has 0 aliphatic heterocycles. The lowest BCUT2D eigenvalue weighted by Crippen LogP contribution is -2.44. The fourth-order valence-electron chi connectivity index (χ4n) is 4.06. The van der Waals surface area contributed by atoms with Gasteiger partial charge in [0, 0.05) is 6.04 Å². The van der Waals surface area contributed by atoms with Crippen molar-refractivity contribution in [3.05, 3.63) is 54.3 Å². The summed E-state index contributed by atoms with van der Waals surface area (Å²) < 4.78 is 7.56. The molecule has 6 nitrogen and oxygen atoms in total. The summed E-state index contributed by atoms with van der Waals surface area (Å²) in [5.74, 6) is 2.88. The SMILES string of the molecule is C[C@H]1[C@@H](NC(=O)CSc2nnc(-c3ccco3)n2Cc2ccccc2)CCC[C@@H]1C. The molecular weight excluding hydrogens is 396 g/mol. The molecule has 1 amide bonds. The molecule has 30 heavy (non-hydrogen) atoms. The van der Waals surface area contributed by atoms with E-state index in [1.165, 1.54) is 24.6 Å². The van der Waals surface area contributed by atoms with Gasteiger partial charge < -0.3 is 9.73 Å². The van der Waals surface area contributed by atoms with Gasteiger partial charge in [0.1, 0.15) is 0 Å². The van der Waals surface area contributed by atoms with Gasteiger partial charge in [-0.2, -0.15) is 0 Å². The number of nitrogens with zero attached hydrogens (tertiary/aromatic N) is 3. The third kappa shape index (κ3) is 4.78. The third-order valence-electron chi connectivity index (χ3n) is 6.03. The first-order valence-electron chi connectivity index (χ1n) is 10.5. The van der Waals surface area contributed by atoms with Crippen molar-refractivity contribution in [1.29, 1.82) is 0 Å². The fraction of sp³-hybridized carbons (Fsp3) is 0.435. The fourth-order valence-corrected chi connectivity index (χ4v) is 4.81. The van der Waals surface area contributed by atoms with E-state index >= 15 is 0 Å². The van der Waals surface area contributed by atoms with Gasteiger partial charge in [0.05, 0.1) is 18.6 Å². The second kappa shape index (κ2) is 9.51. The zero-order valence-electron chi connectivity index (χ0n) is 17.5. The van der Waals surface area contributed by atoms with E-state index in [1.807, 2.05) is 34.9 Å². The van der Waals surface area contributed by atoms with Crippen LogP contribution in [-0.4, -0.2) is 32.5 Å². The predicted octanol–water partition coefficient (Wildman–Crippen LogP) is 4.62. The summed E-state index contributed by atoms with van der Waals surface area (Å²) in [6, 6.07) is 14.1. The van der Waals surface area contributed by atoms with Gasteiger partial charge in [-0.15, -0.1) is 10.2 Å². The Morgan fingerprint density at radius 1 is 1.17 bits per heavy atom. The molecule has 0 spiro atoms. The Balaban J connectivity index is 1.46. The lowest BCUT2D eigenvalue weighted by molar-refractivity contribution is -0.120. The quantitative estimate of drug-likeness (QED) is 0.560. The van der Waals surface area contributed by atoms with Gasteiger partial charge in [-0.25, -0.2) is 0 Å². The van der Waals surface area contributed by atoms with E-state index in [9.17, 15) is 4.79 Å². The molecule has 2 aromatic heterocycles. The number of hydrogen-bond donors (Lipinski definition) is 1. The Labute approximate surface area is 181 Å². The molecule has 3 aromatic rings. The Bertz CT molecular complexity index is 955. The van der Waals surface area contributed by atoms with Crippen LogP contribution in [0.1, 0.15) is 38.7 Å². The third-order valence-corrected chi connectivity index (χ3v) is 6.99. The highest BCUT2D eigenvalue weighted by atomic mass is 32.2. The summed E-state index contributed by atoms with van der Waals surface area (Å²) in [6.07, 6.45) is 5.13. The van der Waals surface area contributed by atoms with Crippen LogP contribution < -0.4 is 5.32 Å². The molecule has 1 saturated carbocycles. The molecule has 1 N–H and O–H groups in total. The van der Waals surface area contributed by atoms with E-state index in [4.69, 9.17) is 4.42 Å². The minimum Gasteiger partial charge on any atom is -0.461 e. The summed E-state index contributed by atoms with van der Waals surface area (Å²) >= 11 is 1.42. The van der Waals surface area contributed by atoms with E-state index in [1.54, 1.807) is 6.26 Å². The number of nitrogens with one attached hydrogen (secondary N) is 1. The number of amides is 1. The van der Waals surface area contributed by atoms with Crippen molar-refractivity contribution in [2.75, 3.05) is 5.75 Å². The van der Waals surface area contributed by atoms with E-state index in [-0.39, 0.29) is 11.9 Å². The highest BCUT2D eigenvalue weighted by molar-refractivity contribution is 7.99. The number of rotatable bonds is 7. The lowest BCUT2D eigenvalue weighted by atomic mass is 9.78. The number of thioether (sulfide) groups is 1. The van der Waals surface area contributed by atoms with Gasteiger partial charge in [-0.05, 0) is 36.0 Å².